The number of carbonyl (C=O) groups is 1. The molecule has 0 aliphatic carbocycles. The summed E-state index contributed by atoms with van der Waals surface area (Å²) < 4.78 is 5.48. The van der Waals surface area contributed by atoms with Gasteiger partial charge in [-0.05, 0) is 30.4 Å². The van der Waals surface area contributed by atoms with E-state index in [0.29, 0.717) is 30.8 Å². The number of rotatable bonds is 9. The van der Waals surface area contributed by atoms with E-state index >= 15 is 0 Å². The molecule has 0 radical (unpaired) electrons. The Kier molecular flexibility index (Phi) is 6.17. The molecular formula is C25H27N5O3. The standard InChI is InChI=1S/C25H27N5O3/c31-25(32)20-15-30(16-20)14-18-9-11-19(12-10-18)23-26-24(33-29-23)22-13-21(27-28-22)8-4-7-17-5-2-1-3-6-17/h1-3,5-6,9-12,20-21,27H,4,7-8,13-16H2,(H,31,32). The van der Waals surface area contributed by atoms with Crippen molar-refractivity contribution in [1.29, 1.82) is 0 Å². The number of nitrogens with one attached hydrogen (secondary N) is 1. The van der Waals surface area contributed by atoms with Gasteiger partial charge in [-0.25, -0.2) is 0 Å². The third kappa shape index (κ3) is 5.12. The number of carboxylic acid groups (broad SMARTS) is 1. The molecule has 8 heteroatoms. The number of carboxylic acids is 1. The molecule has 1 saturated heterocycles. The third-order valence-corrected chi connectivity index (χ3v) is 6.28. The van der Waals surface area contributed by atoms with E-state index < -0.39 is 5.97 Å². The Morgan fingerprint density at radius 2 is 1.88 bits per heavy atom. The molecule has 2 aromatic carbocycles. The van der Waals surface area contributed by atoms with Crippen LogP contribution >= 0.6 is 0 Å². The predicted octanol–water partition coefficient (Wildman–Crippen LogP) is 3.34. The molecule has 33 heavy (non-hydrogen) atoms. The highest BCUT2D eigenvalue weighted by atomic mass is 16.5. The minimum atomic E-state index is -0.713. The second-order valence-electron chi connectivity index (χ2n) is 8.82. The number of aromatic nitrogens is 2. The minimum Gasteiger partial charge on any atom is -0.481 e. The van der Waals surface area contributed by atoms with Crippen LogP contribution in [0.15, 0.2) is 64.2 Å². The van der Waals surface area contributed by atoms with Crippen molar-refractivity contribution in [3.8, 4) is 11.4 Å². The monoisotopic (exact) mass is 445 g/mol. The molecule has 2 aliphatic heterocycles. The fraction of sp³-hybridized carbons (Fsp3) is 0.360. The van der Waals surface area contributed by atoms with E-state index in [1.54, 1.807) is 0 Å². The van der Waals surface area contributed by atoms with Gasteiger partial charge in [-0.15, -0.1) is 0 Å². The lowest BCUT2D eigenvalue weighted by Crippen LogP contribution is -2.49. The smallest absolute Gasteiger partial charge is 0.309 e. The van der Waals surface area contributed by atoms with Gasteiger partial charge < -0.3 is 15.1 Å². The summed E-state index contributed by atoms with van der Waals surface area (Å²) in [4.78, 5) is 17.6. The van der Waals surface area contributed by atoms with Crippen molar-refractivity contribution < 1.29 is 14.4 Å². The number of hydrogen-bond acceptors (Lipinski definition) is 7. The van der Waals surface area contributed by atoms with Crippen LogP contribution in [0.4, 0.5) is 0 Å². The maximum Gasteiger partial charge on any atom is 0.309 e. The fourth-order valence-corrected chi connectivity index (χ4v) is 4.32. The highest BCUT2D eigenvalue weighted by Gasteiger charge is 2.32. The number of benzene rings is 2. The van der Waals surface area contributed by atoms with Gasteiger partial charge in [0, 0.05) is 37.7 Å². The number of aliphatic carboxylic acids is 1. The molecule has 0 amide bonds. The van der Waals surface area contributed by atoms with Crippen LogP contribution in [0.3, 0.4) is 0 Å². The van der Waals surface area contributed by atoms with Crippen molar-refractivity contribution in [3.63, 3.8) is 0 Å². The number of nitrogens with zero attached hydrogens (tertiary/aromatic N) is 4. The molecule has 1 atom stereocenters. The summed E-state index contributed by atoms with van der Waals surface area (Å²) >= 11 is 0. The topological polar surface area (TPSA) is 104 Å². The molecule has 1 unspecified atom stereocenters. The first kappa shape index (κ1) is 21.3. The molecule has 1 fully saturated rings. The van der Waals surface area contributed by atoms with Crippen molar-refractivity contribution in [2.24, 2.45) is 11.0 Å². The van der Waals surface area contributed by atoms with Gasteiger partial charge in [0.05, 0.1) is 5.92 Å². The van der Waals surface area contributed by atoms with Crippen LogP contribution in [0.2, 0.25) is 0 Å². The zero-order valence-electron chi connectivity index (χ0n) is 18.4. The van der Waals surface area contributed by atoms with Gasteiger partial charge in [0.2, 0.25) is 5.82 Å². The minimum absolute atomic E-state index is 0.238. The average molecular weight is 446 g/mol. The second-order valence-corrected chi connectivity index (χ2v) is 8.82. The summed E-state index contributed by atoms with van der Waals surface area (Å²) in [6.45, 7) is 1.96. The summed E-state index contributed by atoms with van der Waals surface area (Å²) in [5, 5.41) is 17.6. The maximum absolute atomic E-state index is 10.9. The first-order valence-electron chi connectivity index (χ1n) is 11.4. The molecule has 2 N–H and O–H groups in total. The lowest BCUT2D eigenvalue weighted by molar-refractivity contribution is -0.147. The molecule has 8 nitrogen and oxygen atoms in total. The Labute approximate surface area is 192 Å². The Balaban J connectivity index is 1.11. The quantitative estimate of drug-likeness (QED) is 0.521. The molecule has 2 aliphatic rings. The van der Waals surface area contributed by atoms with Crippen LogP contribution in [0.5, 0.6) is 0 Å². The summed E-state index contributed by atoms with van der Waals surface area (Å²) in [5.74, 6) is 0.0580. The van der Waals surface area contributed by atoms with E-state index in [1.807, 2.05) is 30.3 Å². The van der Waals surface area contributed by atoms with Crippen molar-refractivity contribution in [3.05, 3.63) is 71.6 Å². The third-order valence-electron chi connectivity index (χ3n) is 6.28. The number of hydrogen-bond donors (Lipinski definition) is 2. The fourth-order valence-electron chi connectivity index (χ4n) is 4.32. The van der Waals surface area contributed by atoms with E-state index in [9.17, 15) is 4.79 Å². The number of hydrazone groups is 1. The Bertz CT molecular complexity index is 1120. The Morgan fingerprint density at radius 1 is 1.09 bits per heavy atom. The Hall–Kier alpha value is -3.52. The lowest BCUT2D eigenvalue weighted by Gasteiger charge is -2.36. The van der Waals surface area contributed by atoms with Gasteiger partial charge in [-0.3, -0.25) is 9.69 Å². The molecule has 1 aromatic heterocycles. The summed E-state index contributed by atoms with van der Waals surface area (Å²) in [7, 11) is 0. The van der Waals surface area contributed by atoms with E-state index in [-0.39, 0.29) is 5.92 Å². The van der Waals surface area contributed by atoms with E-state index in [1.165, 1.54) is 5.56 Å². The normalized spacial score (nSPS) is 18.5. The molecule has 3 aromatic rings. The van der Waals surface area contributed by atoms with Crippen LogP contribution in [0, 0.1) is 5.92 Å². The van der Waals surface area contributed by atoms with Crippen molar-refractivity contribution in [2.45, 2.75) is 38.3 Å². The lowest BCUT2D eigenvalue weighted by atomic mass is 9.99. The van der Waals surface area contributed by atoms with Crippen LogP contribution in [0.1, 0.15) is 36.3 Å². The van der Waals surface area contributed by atoms with Gasteiger partial charge >= 0.3 is 5.97 Å². The van der Waals surface area contributed by atoms with E-state index in [2.05, 4.69) is 49.8 Å². The SMILES string of the molecule is O=C(O)C1CN(Cc2ccc(-c3noc(C4=NNC(CCCc5ccccc5)C4)n3)cc2)C1. The van der Waals surface area contributed by atoms with Gasteiger partial charge in [-0.2, -0.15) is 10.1 Å². The van der Waals surface area contributed by atoms with Crippen molar-refractivity contribution >= 4 is 11.7 Å². The van der Waals surface area contributed by atoms with Gasteiger partial charge in [-0.1, -0.05) is 59.8 Å². The first-order chi connectivity index (χ1) is 16.1. The predicted molar refractivity (Wildman–Crippen MR) is 124 cm³/mol. The molecule has 170 valence electrons. The number of aryl methyl sites for hydroxylation is 1. The zero-order valence-corrected chi connectivity index (χ0v) is 18.4. The van der Waals surface area contributed by atoms with Gasteiger partial charge in [0.25, 0.3) is 5.89 Å². The molecule has 5 rings (SSSR count). The average Bonchev–Trinajstić information content (AvgIpc) is 3.47. The zero-order chi connectivity index (χ0) is 22.6. The van der Waals surface area contributed by atoms with Gasteiger partial charge in [0.15, 0.2) is 0 Å². The molecule has 0 bridgehead atoms. The van der Waals surface area contributed by atoms with E-state index in [0.717, 1.165) is 49.1 Å². The summed E-state index contributed by atoms with van der Waals surface area (Å²) in [5.41, 5.74) is 7.39. The molecule has 0 saturated carbocycles. The van der Waals surface area contributed by atoms with Crippen LogP contribution in [-0.2, 0) is 17.8 Å². The highest BCUT2D eigenvalue weighted by molar-refractivity contribution is 5.98. The second kappa shape index (κ2) is 9.54. The largest absolute Gasteiger partial charge is 0.481 e. The molecule has 0 spiro atoms. The number of likely N-dealkylation sites (tertiary alicyclic amines) is 1. The summed E-state index contributed by atoms with van der Waals surface area (Å²) in [6, 6.07) is 18.8. The maximum atomic E-state index is 10.9. The summed E-state index contributed by atoms with van der Waals surface area (Å²) in [6.07, 6.45) is 3.98. The molecule has 3 heterocycles. The van der Waals surface area contributed by atoms with Crippen LogP contribution in [-0.4, -0.2) is 51.0 Å². The Morgan fingerprint density at radius 3 is 2.64 bits per heavy atom. The van der Waals surface area contributed by atoms with E-state index in [4.69, 9.17) is 9.63 Å². The van der Waals surface area contributed by atoms with Gasteiger partial charge in [0.1, 0.15) is 5.71 Å². The van der Waals surface area contributed by atoms with Crippen molar-refractivity contribution in [1.82, 2.24) is 20.5 Å². The van der Waals surface area contributed by atoms with Crippen LogP contribution < -0.4 is 5.43 Å². The van der Waals surface area contributed by atoms with Crippen LogP contribution in [0.25, 0.3) is 11.4 Å². The van der Waals surface area contributed by atoms with Crippen molar-refractivity contribution in [2.75, 3.05) is 13.1 Å². The first-order valence-corrected chi connectivity index (χ1v) is 11.4. The highest BCUT2D eigenvalue weighted by Crippen LogP contribution is 2.22. The molecular weight excluding hydrogens is 418 g/mol.